The van der Waals surface area contributed by atoms with Crippen LogP contribution in [0.4, 0.5) is 21.8 Å². The van der Waals surface area contributed by atoms with Gasteiger partial charge >= 0.3 is 0 Å². The zero-order valence-corrected chi connectivity index (χ0v) is 11.5. The maximum Gasteiger partial charge on any atom is 0.240 e. The van der Waals surface area contributed by atoms with Crippen molar-refractivity contribution in [2.24, 2.45) is 5.84 Å². The molecule has 0 fully saturated rings. The molecule has 0 radical (unpaired) electrons. The highest BCUT2D eigenvalue weighted by Crippen LogP contribution is 2.33. The number of rotatable bonds is 3. The lowest BCUT2D eigenvalue weighted by Gasteiger charge is -2.20. The second-order valence-electron chi connectivity index (χ2n) is 4.17. The Hall–Kier alpha value is -2.25. The Kier molecular flexibility index (Phi) is 3.21. The molecule has 0 aliphatic heterocycles. The molecule has 2 aromatic heterocycles. The van der Waals surface area contributed by atoms with Gasteiger partial charge in [0.25, 0.3) is 0 Å². The van der Waals surface area contributed by atoms with Gasteiger partial charge < -0.3 is 4.90 Å². The van der Waals surface area contributed by atoms with E-state index in [1.54, 1.807) is 30.1 Å². The average Bonchev–Trinajstić information content (AvgIpc) is 2.94. The van der Waals surface area contributed by atoms with E-state index in [0.717, 1.165) is 10.2 Å². The molecule has 0 amide bonds. The third-order valence-electron chi connectivity index (χ3n) is 2.97. The minimum Gasteiger partial charge on any atom is -0.326 e. The Morgan fingerprint density at radius 2 is 2.05 bits per heavy atom. The number of anilines is 3. The highest BCUT2D eigenvalue weighted by Gasteiger charge is 2.15. The zero-order valence-electron chi connectivity index (χ0n) is 10.7. The maximum absolute atomic E-state index is 13.9. The number of nitrogens with zero attached hydrogens (tertiary/aromatic N) is 3. The first-order chi connectivity index (χ1) is 9.70. The molecule has 0 spiro atoms. The Bertz CT molecular complexity index is 757. The standard InChI is InChI=1S/C13H12FN5S/c1-19(10-5-3-2-4-9(10)14)11-8-6-7-20-12(8)17-13(16-11)18-15/h2-7H,15H2,1H3,(H,16,17,18). The van der Waals surface area contributed by atoms with E-state index in [9.17, 15) is 4.39 Å². The summed E-state index contributed by atoms with van der Waals surface area (Å²) in [4.78, 5) is 11.1. The highest BCUT2D eigenvalue weighted by atomic mass is 32.1. The van der Waals surface area contributed by atoms with Crippen LogP contribution in [0.5, 0.6) is 0 Å². The lowest BCUT2D eigenvalue weighted by Crippen LogP contribution is -2.16. The number of hydrogen-bond donors (Lipinski definition) is 2. The summed E-state index contributed by atoms with van der Waals surface area (Å²) in [6, 6.07) is 8.46. The third-order valence-corrected chi connectivity index (χ3v) is 3.77. The summed E-state index contributed by atoms with van der Waals surface area (Å²) in [6.07, 6.45) is 0. The minimum absolute atomic E-state index is 0.304. The van der Waals surface area contributed by atoms with E-state index < -0.39 is 0 Å². The molecule has 7 heteroatoms. The van der Waals surface area contributed by atoms with Gasteiger partial charge in [-0.25, -0.2) is 15.2 Å². The summed E-state index contributed by atoms with van der Waals surface area (Å²) in [5, 5.41) is 2.78. The monoisotopic (exact) mass is 289 g/mol. The first kappa shape index (κ1) is 12.8. The van der Waals surface area contributed by atoms with Crippen LogP contribution < -0.4 is 16.2 Å². The van der Waals surface area contributed by atoms with Crippen molar-refractivity contribution < 1.29 is 4.39 Å². The number of para-hydroxylation sites is 1. The molecule has 1 aromatic carbocycles. The van der Waals surface area contributed by atoms with E-state index in [1.165, 1.54) is 17.4 Å². The van der Waals surface area contributed by atoms with Crippen molar-refractivity contribution in [1.29, 1.82) is 0 Å². The molecule has 5 nitrogen and oxygen atoms in total. The minimum atomic E-state index is -0.306. The molecule has 3 rings (SSSR count). The van der Waals surface area contributed by atoms with Gasteiger partial charge in [-0.05, 0) is 23.6 Å². The number of halogens is 1. The molecular formula is C13H12FN5S. The van der Waals surface area contributed by atoms with Crippen LogP contribution in [0.3, 0.4) is 0 Å². The van der Waals surface area contributed by atoms with Crippen LogP contribution in [-0.2, 0) is 0 Å². The Balaban J connectivity index is 2.18. The fourth-order valence-electron chi connectivity index (χ4n) is 2.00. The Morgan fingerprint density at radius 3 is 2.80 bits per heavy atom. The van der Waals surface area contributed by atoms with Gasteiger partial charge in [-0.2, -0.15) is 4.98 Å². The molecule has 3 N–H and O–H groups in total. The van der Waals surface area contributed by atoms with Gasteiger partial charge in [0.2, 0.25) is 5.95 Å². The van der Waals surface area contributed by atoms with Crippen molar-refractivity contribution in [1.82, 2.24) is 9.97 Å². The first-order valence-electron chi connectivity index (χ1n) is 5.91. The average molecular weight is 289 g/mol. The van der Waals surface area contributed by atoms with Crippen LogP contribution >= 0.6 is 11.3 Å². The number of aromatic nitrogens is 2. The molecule has 2 heterocycles. The summed E-state index contributed by atoms with van der Waals surface area (Å²) in [5.41, 5.74) is 2.88. The molecule has 0 aliphatic carbocycles. The normalized spacial score (nSPS) is 10.8. The summed E-state index contributed by atoms with van der Waals surface area (Å²) in [5.74, 6) is 5.99. The fourth-order valence-corrected chi connectivity index (χ4v) is 2.76. The molecule has 102 valence electrons. The predicted octanol–water partition coefficient (Wildman–Crippen LogP) is 2.88. The van der Waals surface area contributed by atoms with E-state index in [-0.39, 0.29) is 5.82 Å². The molecule has 0 saturated heterocycles. The van der Waals surface area contributed by atoms with Gasteiger partial charge in [-0.15, -0.1) is 11.3 Å². The molecule has 0 aliphatic rings. The third kappa shape index (κ3) is 2.06. The Labute approximate surface area is 118 Å². The van der Waals surface area contributed by atoms with Crippen LogP contribution in [0.2, 0.25) is 0 Å². The molecule has 20 heavy (non-hydrogen) atoms. The first-order valence-corrected chi connectivity index (χ1v) is 6.79. The van der Waals surface area contributed by atoms with Crippen LogP contribution in [0.15, 0.2) is 35.7 Å². The van der Waals surface area contributed by atoms with Gasteiger partial charge in [0, 0.05) is 7.05 Å². The molecule has 0 saturated carbocycles. The number of hydrazine groups is 1. The van der Waals surface area contributed by atoms with Crippen molar-refractivity contribution in [3.05, 3.63) is 41.5 Å². The summed E-state index contributed by atoms with van der Waals surface area (Å²) < 4.78 is 13.9. The molecule has 0 atom stereocenters. The van der Waals surface area contributed by atoms with Gasteiger partial charge in [0.1, 0.15) is 16.5 Å². The number of nitrogens with one attached hydrogen (secondary N) is 1. The van der Waals surface area contributed by atoms with Gasteiger partial charge in [0.15, 0.2) is 0 Å². The number of hydrogen-bond acceptors (Lipinski definition) is 6. The summed E-state index contributed by atoms with van der Waals surface area (Å²) in [6.45, 7) is 0. The quantitative estimate of drug-likeness (QED) is 0.573. The van der Waals surface area contributed by atoms with Crippen molar-refractivity contribution in [2.75, 3.05) is 17.4 Å². The van der Waals surface area contributed by atoms with Gasteiger partial charge in [-0.3, -0.25) is 5.43 Å². The van der Waals surface area contributed by atoms with E-state index in [1.807, 2.05) is 11.4 Å². The van der Waals surface area contributed by atoms with E-state index >= 15 is 0 Å². The molecule has 0 unspecified atom stereocenters. The van der Waals surface area contributed by atoms with Crippen LogP contribution in [0.1, 0.15) is 0 Å². The smallest absolute Gasteiger partial charge is 0.240 e. The van der Waals surface area contributed by atoms with Gasteiger partial charge in [0.05, 0.1) is 11.1 Å². The molecule has 0 bridgehead atoms. The van der Waals surface area contributed by atoms with Crippen LogP contribution in [0, 0.1) is 5.82 Å². The number of fused-ring (bicyclic) bond motifs is 1. The maximum atomic E-state index is 13.9. The second-order valence-corrected chi connectivity index (χ2v) is 5.06. The summed E-state index contributed by atoms with van der Waals surface area (Å²) >= 11 is 1.48. The van der Waals surface area contributed by atoms with Crippen molar-refractivity contribution in [2.45, 2.75) is 0 Å². The lowest BCUT2D eigenvalue weighted by molar-refractivity contribution is 0.627. The molecular weight excluding hydrogens is 277 g/mol. The van der Waals surface area contributed by atoms with E-state index in [4.69, 9.17) is 5.84 Å². The highest BCUT2D eigenvalue weighted by molar-refractivity contribution is 7.16. The summed E-state index contributed by atoms with van der Waals surface area (Å²) in [7, 11) is 1.76. The zero-order chi connectivity index (χ0) is 14.1. The number of thiophene rings is 1. The van der Waals surface area contributed by atoms with Crippen molar-refractivity contribution >= 4 is 39.0 Å². The molecule has 3 aromatic rings. The van der Waals surface area contributed by atoms with Crippen molar-refractivity contribution in [3.8, 4) is 0 Å². The van der Waals surface area contributed by atoms with Crippen LogP contribution in [-0.4, -0.2) is 17.0 Å². The predicted molar refractivity (Wildman–Crippen MR) is 79.7 cm³/mol. The SMILES string of the molecule is CN(c1ccccc1F)c1nc(NN)nc2sccc12. The lowest BCUT2D eigenvalue weighted by atomic mass is 10.2. The van der Waals surface area contributed by atoms with E-state index in [0.29, 0.717) is 17.5 Å². The number of nitrogens with two attached hydrogens (primary N) is 1. The number of benzene rings is 1. The van der Waals surface area contributed by atoms with E-state index in [2.05, 4.69) is 15.4 Å². The topological polar surface area (TPSA) is 67.1 Å². The Morgan fingerprint density at radius 1 is 1.25 bits per heavy atom. The second kappa shape index (κ2) is 5.03. The van der Waals surface area contributed by atoms with Gasteiger partial charge in [-0.1, -0.05) is 12.1 Å². The number of nitrogen functional groups attached to an aromatic ring is 1. The fraction of sp³-hybridized carbons (Fsp3) is 0.0769. The van der Waals surface area contributed by atoms with Crippen molar-refractivity contribution in [3.63, 3.8) is 0 Å². The van der Waals surface area contributed by atoms with Crippen LogP contribution in [0.25, 0.3) is 10.2 Å². The largest absolute Gasteiger partial charge is 0.326 e.